The molecule has 0 spiro atoms. The predicted molar refractivity (Wildman–Crippen MR) is 123 cm³/mol. The highest BCUT2D eigenvalue weighted by Crippen LogP contribution is 2.19. The first-order chi connectivity index (χ1) is 13.8. The third-order valence-electron chi connectivity index (χ3n) is 4.67. The van der Waals surface area contributed by atoms with Crippen LogP contribution in [0.4, 0.5) is 5.95 Å². The monoisotopic (exact) mass is 505 g/mol. The van der Waals surface area contributed by atoms with Crippen molar-refractivity contribution in [3.05, 3.63) is 60.6 Å². The van der Waals surface area contributed by atoms with Gasteiger partial charge in [0.1, 0.15) is 5.69 Å². The van der Waals surface area contributed by atoms with Gasteiger partial charge >= 0.3 is 0 Å². The van der Waals surface area contributed by atoms with E-state index < -0.39 is 0 Å². The SMILES string of the molecule is CN=C(NCc1cc(-c2ccccc2)on1)N1CCN(c2ncccn2)CC1.I. The molecule has 29 heavy (non-hydrogen) atoms. The molecule has 0 unspecified atom stereocenters. The highest BCUT2D eigenvalue weighted by atomic mass is 127. The summed E-state index contributed by atoms with van der Waals surface area (Å²) in [5.74, 6) is 2.41. The van der Waals surface area contributed by atoms with Crippen LogP contribution in [0, 0.1) is 0 Å². The number of nitrogens with one attached hydrogen (secondary N) is 1. The highest BCUT2D eigenvalue weighted by molar-refractivity contribution is 14.0. The third-order valence-corrected chi connectivity index (χ3v) is 4.67. The summed E-state index contributed by atoms with van der Waals surface area (Å²) in [7, 11) is 1.80. The van der Waals surface area contributed by atoms with Crippen LogP contribution in [-0.2, 0) is 6.54 Å². The zero-order valence-electron chi connectivity index (χ0n) is 16.2. The second kappa shape index (κ2) is 10.2. The van der Waals surface area contributed by atoms with Gasteiger partial charge in [-0.25, -0.2) is 9.97 Å². The van der Waals surface area contributed by atoms with Crippen molar-refractivity contribution in [1.29, 1.82) is 0 Å². The molecule has 0 atom stereocenters. The Labute approximate surface area is 187 Å². The fourth-order valence-electron chi connectivity index (χ4n) is 3.21. The Morgan fingerprint density at radius 1 is 1.07 bits per heavy atom. The number of rotatable bonds is 4. The molecule has 0 amide bonds. The molecule has 0 saturated carbocycles. The normalized spacial score (nSPS) is 14.4. The quantitative estimate of drug-likeness (QED) is 0.332. The molecule has 152 valence electrons. The Morgan fingerprint density at radius 2 is 1.79 bits per heavy atom. The fourth-order valence-corrected chi connectivity index (χ4v) is 3.21. The van der Waals surface area contributed by atoms with E-state index in [2.05, 4.69) is 35.2 Å². The highest BCUT2D eigenvalue weighted by Gasteiger charge is 2.21. The van der Waals surface area contributed by atoms with Crippen molar-refractivity contribution in [1.82, 2.24) is 25.3 Å². The summed E-state index contributed by atoms with van der Waals surface area (Å²) < 4.78 is 5.46. The minimum absolute atomic E-state index is 0. The van der Waals surface area contributed by atoms with Crippen molar-refractivity contribution in [3.8, 4) is 11.3 Å². The molecule has 1 saturated heterocycles. The Morgan fingerprint density at radius 3 is 2.48 bits per heavy atom. The van der Waals surface area contributed by atoms with Crippen LogP contribution in [0.15, 0.2) is 64.4 Å². The van der Waals surface area contributed by atoms with Crippen LogP contribution in [0.25, 0.3) is 11.3 Å². The number of nitrogens with zero attached hydrogens (tertiary/aromatic N) is 6. The molecule has 1 aliphatic heterocycles. The standard InChI is InChI=1S/C20H23N7O.HI/c1-21-19(26-10-12-27(13-11-26)20-22-8-5-9-23-20)24-15-17-14-18(28-25-17)16-6-3-2-4-7-16;/h2-9,14H,10-13,15H2,1H3,(H,21,24);1H. The predicted octanol–water partition coefficient (Wildman–Crippen LogP) is 2.65. The number of hydrogen-bond acceptors (Lipinski definition) is 6. The average Bonchev–Trinajstić information content (AvgIpc) is 3.25. The van der Waals surface area contributed by atoms with E-state index in [9.17, 15) is 0 Å². The summed E-state index contributed by atoms with van der Waals surface area (Å²) in [6.07, 6.45) is 3.55. The van der Waals surface area contributed by atoms with Gasteiger partial charge in [0, 0.05) is 57.3 Å². The molecular weight excluding hydrogens is 481 g/mol. The van der Waals surface area contributed by atoms with E-state index in [4.69, 9.17) is 4.52 Å². The number of guanidine groups is 1. The number of benzene rings is 1. The maximum Gasteiger partial charge on any atom is 0.225 e. The smallest absolute Gasteiger partial charge is 0.225 e. The zero-order valence-corrected chi connectivity index (χ0v) is 18.6. The van der Waals surface area contributed by atoms with Gasteiger partial charge in [-0.2, -0.15) is 0 Å². The van der Waals surface area contributed by atoms with E-state index in [0.29, 0.717) is 6.54 Å². The van der Waals surface area contributed by atoms with Gasteiger partial charge in [0.25, 0.3) is 0 Å². The second-order valence-corrected chi connectivity index (χ2v) is 6.47. The summed E-state index contributed by atoms with van der Waals surface area (Å²) in [5, 5.41) is 7.54. The van der Waals surface area contributed by atoms with Crippen molar-refractivity contribution >= 4 is 35.9 Å². The van der Waals surface area contributed by atoms with Crippen LogP contribution in [0.1, 0.15) is 5.69 Å². The van der Waals surface area contributed by atoms with Crippen LogP contribution < -0.4 is 10.2 Å². The van der Waals surface area contributed by atoms with Crippen molar-refractivity contribution < 1.29 is 4.52 Å². The first-order valence-corrected chi connectivity index (χ1v) is 9.32. The van der Waals surface area contributed by atoms with Gasteiger partial charge in [-0.3, -0.25) is 4.99 Å². The second-order valence-electron chi connectivity index (χ2n) is 6.47. The summed E-state index contributed by atoms with van der Waals surface area (Å²) in [4.78, 5) is 17.5. The van der Waals surface area contributed by atoms with Gasteiger partial charge in [0.2, 0.25) is 5.95 Å². The molecular formula is C20H24IN7O. The van der Waals surface area contributed by atoms with Crippen LogP contribution in [-0.4, -0.2) is 59.2 Å². The molecule has 0 bridgehead atoms. The van der Waals surface area contributed by atoms with Crippen molar-refractivity contribution in [2.24, 2.45) is 4.99 Å². The molecule has 1 aromatic carbocycles. The summed E-state index contributed by atoms with van der Waals surface area (Å²) in [5.41, 5.74) is 1.86. The van der Waals surface area contributed by atoms with Gasteiger partial charge in [-0.15, -0.1) is 24.0 Å². The molecule has 3 aromatic rings. The third kappa shape index (κ3) is 5.22. The molecule has 4 rings (SSSR count). The summed E-state index contributed by atoms with van der Waals surface area (Å²) >= 11 is 0. The molecule has 2 aromatic heterocycles. The van der Waals surface area contributed by atoms with Crippen LogP contribution >= 0.6 is 24.0 Å². The molecule has 0 aliphatic carbocycles. The first kappa shape index (κ1) is 21.0. The minimum atomic E-state index is 0. The topological polar surface area (TPSA) is 82.7 Å². The van der Waals surface area contributed by atoms with Gasteiger partial charge in [-0.05, 0) is 6.07 Å². The van der Waals surface area contributed by atoms with E-state index in [0.717, 1.165) is 55.1 Å². The number of aliphatic imine (C=N–C) groups is 1. The van der Waals surface area contributed by atoms with Gasteiger partial charge < -0.3 is 19.6 Å². The lowest BCUT2D eigenvalue weighted by molar-refractivity contribution is 0.368. The first-order valence-electron chi connectivity index (χ1n) is 9.32. The van der Waals surface area contributed by atoms with Crippen LogP contribution in [0.2, 0.25) is 0 Å². The minimum Gasteiger partial charge on any atom is -0.356 e. The lowest BCUT2D eigenvalue weighted by atomic mass is 10.2. The van der Waals surface area contributed by atoms with Gasteiger partial charge in [0.05, 0.1) is 6.54 Å². The summed E-state index contributed by atoms with van der Waals surface area (Å²) in [6, 6.07) is 13.8. The number of anilines is 1. The molecule has 8 nitrogen and oxygen atoms in total. The number of halogens is 1. The molecule has 0 radical (unpaired) electrons. The maximum absolute atomic E-state index is 5.46. The molecule has 1 N–H and O–H groups in total. The Balaban J connectivity index is 0.00000240. The van der Waals surface area contributed by atoms with E-state index in [1.807, 2.05) is 42.5 Å². The van der Waals surface area contributed by atoms with Gasteiger partial charge in [-0.1, -0.05) is 35.5 Å². The van der Waals surface area contributed by atoms with Crippen molar-refractivity contribution in [3.63, 3.8) is 0 Å². The largest absolute Gasteiger partial charge is 0.356 e. The molecule has 9 heteroatoms. The fraction of sp³-hybridized carbons (Fsp3) is 0.300. The lowest BCUT2D eigenvalue weighted by Crippen LogP contribution is -2.52. The molecule has 1 aliphatic rings. The number of aromatic nitrogens is 3. The molecule has 1 fully saturated rings. The summed E-state index contributed by atoms with van der Waals surface area (Å²) in [6.45, 7) is 3.97. The lowest BCUT2D eigenvalue weighted by Gasteiger charge is -2.36. The Bertz CT molecular complexity index is 909. The zero-order chi connectivity index (χ0) is 19.2. The van der Waals surface area contributed by atoms with E-state index >= 15 is 0 Å². The maximum atomic E-state index is 5.46. The van der Waals surface area contributed by atoms with Crippen LogP contribution in [0.5, 0.6) is 0 Å². The Hall–Kier alpha value is -2.69. The van der Waals surface area contributed by atoms with Crippen molar-refractivity contribution in [2.75, 3.05) is 38.1 Å². The molecule has 3 heterocycles. The van der Waals surface area contributed by atoms with Crippen molar-refractivity contribution in [2.45, 2.75) is 6.54 Å². The van der Waals surface area contributed by atoms with Crippen LogP contribution in [0.3, 0.4) is 0 Å². The van der Waals surface area contributed by atoms with E-state index in [-0.39, 0.29) is 24.0 Å². The van der Waals surface area contributed by atoms with Gasteiger partial charge in [0.15, 0.2) is 11.7 Å². The van der Waals surface area contributed by atoms with E-state index in [1.54, 1.807) is 19.4 Å². The average molecular weight is 505 g/mol. The number of piperazine rings is 1. The Kier molecular flexibility index (Phi) is 7.39. The van der Waals surface area contributed by atoms with E-state index in [1.165, 1.54) is 0 Å². The number of hydrogen-bond donors (Lipinski definition) is 1.